The van der Waals surface area contributed by atoms with Crippen LogP contribution in [-0.4, -0.2) is 23.0 Å². The van der Waals surface area contributed by atoms with Crippen LogP contribution in [0.15, 0.2) is 54.3 Å². The van der Waals surface area contributed by atoms with Gasteiger partial charge in [0.1, 0.15) is 5.76 Å². The fourth-order valence-corrected chi connectivity index (χ4v) is 2.82. The molecule has 138 valence electrons. The quantitative estimate of drug-likeness (QED) is 0.676. The van der Waals surface area contributed by atoms with E-state index in [4.69, 9.17) is 10.5 Å². The number of carboxylic acid groups (broad SMARTS) is 1. The van der Waals surface area contributed by atoms with Gasteiger partial charge in [0.15, 0.2) is 0 Å². The summed E-state index contributed by atoms with van der Waals surface area (Å²) in [5, 5.41) is 12.0. The van der Waals surface area contributed by atoms with Crippen LogP contribution in [0.4, 0.5) is 5.69 Å². The van der Waals surface area contributed by atoms with E-state index in [1.54, 1.807) is 36.4 Å². The van der Waals surface area contributed by atoms with E-state index in [2.05, 4.69) is 5.32 Å². The maximum atomic E-state index is 12.1. The number of aromatic carboxylic acids is 1. The maximum absolute atomic E-state index is 12.1. The minimum absolute atomic E-state index is 0.0292. The number of carboxylic acids is 1. The summed E-state index contributed by atoms with van der Waals surface area (Å²) in [4.78, 5) is 34.5. The van der Waals surface area contributed by atoms with E-state index in [0.717, 1.165) is 11.1 Å². The standard InChI is InChI=1S/C20H18N2O5/c21-11-14-5-4-13(20(25)26)9-17(14)12-2-1-3-15(8-12)22-18(23)10-16-6-7-19(24)27-16/h1-6,8-9H,7,10-11,21H2,(H,22,23)(H,25,26). The van der Waals surface area contributed by atoms with E-state index >= 15 is 0 Å². The van der Waals surface area contributed by atoms with E-state index in [0.29, 0.717) is 17.0 Å². The molecule has 3 rings (SSSR count). The Morgan fingerprint density at radius 3 is 2.67 bits per heavy atom. The zero-order valence-corrected chi connectivity index (χ0v) is 14.4. The van der Waals surface area contributed by atoms with Crippen LogP contribution in [0.3, 0.4) is 0 Å². The lowest BCUT2D eigenvalue weighted by atomic mass is 9.97. The number of hydrogen-bond acceptors (Lipinski definition) is 5. The number of amides is 1. The van der Waals surface area contributed by atoms with Gasteiger partial charge < -0.3 is 20.9 Å². The molecule has 0 radical (unpaired) electrons. The number of rotatable bonds is 6. The van der Waals surface area contributed by atoms with Crippen LogP contribution < -0.4 is 11.1 Å². The molecule has 0 saturated heterocycles. The molecule has 0 saturated carbocycles. The highest BCUT2D eigenvalue weighted by molar-refractivity contribution is 5.94. The SMILES string of the molecule is NCc1ccc(C(=O)O)cc1-c1cccc(NC(=O)CC2=CCC(=O)O2)c1. The molecule has 27 heavy (non-hydrogen) atoms. The van der Waals surface area contributed by atoms with Gasteiger partial charge in [0.05, 0.1) is 18.4 Å². The first kappa shape index (κ1) is 18.3. The zero-order valence-electron chi connectivity index (χ0n) is 14.4. The molecule has 1 amide bonds. The second-order valence-corrected chi connectivity index (χ2v) is 6.04. The highest BCUT2D eigenvalue weighted by Gasteiger charge is 2.17. The monoisotopic (exact) mass is 366 g/mol. The van der Waals surface area contributed by atoms with Gasteiger partial charge in [-0.15, -0.1) is 0 Å². The molecule has 0 bridgehead atoms. The van der Waals surface area contributed by atoms with Crippen molar-refractivity contribution in [2.45, 2.75) is 19.4 Å². The number of benzene rings is 2. The van der Waals surface area contributed by atoms with E-state index in [-0.39, 0.29) is 36.8 Å². The lowest BCUT2D eigenvalue weighted by Gasteiger charge is -2.12. The molecule has 0 spiro atoms. The number of nitrogens with one attached hydrogen (secondary N) is 1. The van der Waals surface area contributed by atoms with Gasteiger partial charge in [-0.3, -0.25) is 9.59 Å². The summed E-state index contributed by atoms with van der Waals surface area (Å²) in [7, 11) is 0. The summed E-state index contributed by atoms with van der Waals surface area (Å²) in [6, 6.07) is 11.8. The van der Waals surface area contributed by atoms with Crippen molar-refractivity contribution in [1.82, 2.24) is 0 Å². The molecule has 2 aromatic carbocycles. The Balaban J connectivity index is 1.81. The molecule has 7 heteroatoms. The minimum Gasteiger partial charge on any atom is -0.478 e. The van der Waals surface area contributed by atoms with Gasteiger partial charge in [-0.25, -0.2) is 4.79 Å². The predicted octanol–water partition coefficient (Wildman–Crippen LogP) is 2.67. The smallest absolute Gasteiger partial charge is 0.335 e. The summed E-state index contributed by atoms with van der Waals surface area (Å²) < 4.78 is 4.92. The van der Waals surface area contributed by atoms with Crippen LogP contribution >= 0.6 is 0 Å². The summed E-state index contributed by atoms with van der Waals surface area (Å²) >= 11 is 0. The van der Waals surface area contributed by atoms with Crippen molar-refractivity contribution in [1.29, 1.82) is 0 Å². The summed E-state index contributed by atoms with van der Waals surface area (Å²) in [5.41, 5.74) is 8.71. The van der Waals surface area contributed by atoms with E-state index in [1.807, 2.05) is 6.07 Å². The molecule has 1 aliphatic rings. The Morgan fingerprint density at radius 2 is 2.00 bits per heavy atom. The van der Waals surface area contributed by atoms with Crippen molar-refractivity contribution in [2.75, 3.05) is 5.32 Å². The molecule has 2 aromatic rings. The number of nitrogens with two attached hydrogens (primary N) is 1. The molecular weight excluding hydrogens is 348 g/mol. The molecule has 4 N–H and O–H groups in total. The average Bonchev–Trinajstić information content (AvgIpc) is 3.05. The first-order chi connectivity index (χ1) is 13.0. The average molecular weight is 366 g/mol. The highest BCUT2D eigenvalue weighted by Crippen LogP contribution is 2.28. The lowest BCUT2D eigenvalue weighted by Crippen LogP contribution is -2.13. The van der Waals surface area contributed by atoms with Crippen LogP contribution in [0.1, 0.15) is 28.8 Å². The molecule has 0 fully saturated rings. The summed E-state index contributed by atoms with van der Waals surface area (Å²) in [6.07, 6.45) is 1.74. The third-order valence-electron chi connectivity index (χ3n) is 4.11. The highest BCUT2D eigenvalue weighted by atomic mass is 16.5. The van der Waals surface area contributed by atoms with Crippen LogP contribution in [0.25, 0.3) is 11.1 Å². The van der Waals surface area contributed by atoms with Gasteiger partial charge in [-0.2, -0.15) is 0 Å². The molecule has 0 unspecified atom stereocenters. The topological polar surface area (TPSA) is 119 Å². The number of esters is 1. The van der Waals surface area contributed by atoms with Crippen LogP contribution in [0.5, 0.6) is 0 Å². The van der Waals surface area contributed by atoms with E-state index in [9.17, 15) is 19.5 Å². The van der Waals surface area contributed by atoms with Crippen molar-refractivity contribution in [3.8, 4) is 11.1 Å². The summed E-state index contributed by atoms with van der Waals surface area (Å²) in [5.74, 6) is -1.37. The minimum atomic E-state index is -1.02. The molecule has 7 nitrogen and oxygen atoms in total. The van der Waals surface area contributed by atoms with Crippen molar-refractivity contribution >= 4 is 23.5 Å². The van der Waals surface area contributed by atoms with Crippen LogP contribution in [0, 0.1) is 0 Å². The lowest BCUT2D eigenvalue weighted by molar-refractivity contribution is -0.136. The Morgan fingerprint density at radius 1 is 1.19 bits per heavy atom. The third-order valence-corrected chi connectivity index (χ3v) is 4.11. The fourth-order valence-electron chi connectivity index (χ4n) is 2.82. The number of carbonyl (C=O) groups is 3. The van der Waals surface area contributed by atoms with Crippen molar-refractivity contribution in [3.05, 3.63) is 65.4 Å². The second-order valence-electron chi connectivity index (χ2n) is 6.04. The van der Waals surface area contributed by atoms with Crippen LogP contribution in [0.2, 0.25) is 0 Å². The van der Waals surface area contributed by atoms with Crippen molar-refractivity contribution < 1.29 is 24.2 Å². The first-order valence-electron chi connectivity index (χ1n) is 8.32. The fraction of sp³-hybridized carbons (Fsp3) is 0.150. The van der Waals surface area contributed by atoms with Gasteiger partial charge in [0.25, 0.3) is 0 Å². The normalized spacial score (nSPS) is 13.1. The van der Waals surface area contributed by atoms with Crippen molar-refractivity contribution in [2.24, 2.45) is 5.73 Å². The number of carbonyl (C=O) groups excluding carboxylic acids is 2. The van der Waals surface area contributed by atoms with Gasteiger partial charge >= 0.3 is 11.9 Å². The van der Waals surface area contributed by atoms with Crippen molar-refractivity contribution in [3.63, 3.8) is 0 Å². The Kier molecular flexibility index (Phi) is 5.33. The number of ether oxygens (including phenoxy) is 1. The molecule has 0 aromatic heterocycles. The molecule has 1 aliphatic heterocycles. The van der Waals surface area contributed by atoms with Gasteiger partial charge in [0.2, 0.25) is 5.91 Å². The van der Waals surface area contributed by atoms with E-state index in [1.165, 1.54) is 6.07 Å². The number of hydrogen-bond donors (Lipinski definition) is 3. The Labute approximate surface area is 155 Å². The van der Waals surface area contributed by atoms with Gasteiger partial charge in [0, 0.05) is 12.2 Å². The summed E-state index contributed by atoms with van der Waals surface area (Å²) in [6.45, 7) is 0.255. The zero-order chi connectivity index (χ0) is 19.4. The molecular formula is C20H18N2O5. The Hall–Kier alpha value is -3.45. The number of cyclic esters (lactones) is 1. The van der Waals surface area contributed by atoms with Gasteiger partial charge in [-0.05, 0) is 47.0 Å². The Bertz CT molecular complexity index is 949. The third kappa shape index (κ3) is 4.39. The molecule has 0 aliphatic carbocycles. The first-order valence-corrected chi connectivity index (χ1v) is 8.32. The second kappa shape index (κ2) is 7.84. The van der Waals surface area contributed by atoms with Gasteiger partial charge in [-0.1, -0.05) is 18.2 Å². The van der Waals surface area contributed by atoms with E-state index < -0.39 is 5.97 Å². The van der Waals surface area contributed by atoms with Crippen LogP contribution in [-0.2, 0) is 20.9 Å². The predicted molar refractivity (Wildman–Crippen MR) is 98.8 cm³/mol. The molecule has 1 heterocycles. The largest absolute Gasteiger partial charge is 0.478 e. The maximum Gasteiger partial charge on any atom is 0.335 e. The number of anilines is 1. The molecule has 0 atom stereocenters.